The highest BCUT2D eigenvalue weighted by atomic mass is 32.2. The Balaban J connectivity index is 1.12. The predicted octanol–water partition coefficient (Wildman–Crippen LogP) is 13.5. The molecule has 1 aliphatic heterocycles. The largest absolute Gasteiger partial charge is 0.228 e. The molecule has 3 nitrogen and oxygen atoms in total. The predicted molar refractivity (Wildman–Crippen MR) is 235 cm³/mol. The Morgan fingerprint density at radius 3 is 1.50 bits per heavy atom. The van der Waals surface area contributed by atoms with E-state index in [-0.39, 0.29) is 0 Å². The molecule has 270 valence electrons. The van der Waals surface area contributed by atoms with E-state index < -0.39 is 5.41 Å². The van der Waals surface area contributed by atoms with Crippen LogP contribution in [-0.4, -0.2) is 9.97 Å². The molecule has 1 spiro atoms. The van der Waals surface area contributed by atoms with Gasteiger partial charge in [0.25, 0.3) is 0 Å². The molecule has 9 aromatic rings. The molecular weight excluding hydrogens is 723 g/mol. The Bertz CT molecular complexity index is 2990. The summed E-state index contributed by atoms with van der Waals surface area (Å²) in [6.07, 6.45) is 0. The van der Waals surface area contributed by atoms with E-state index in [2.05, 4.69) is 158 Å². The summed E-state index contributed by atoms with van der Waals surface area (Å²) in [5.41, 5.74) is 16.8. The molecule has 0 saturated heterocycles. The van der Waals surface area contributed by atoms with E-state index in [0.29, 0.717) is 11.4 Å². The van der Waals surface area contributed by atoms with Gasteiger partial charge >= 0.3 is 0 Å². The first-order valence-electron chi connectivity index (χ1n) is 19.5. The van der Waals surface area contributed by atoms with Crippen LogP contribution in [0, 0.1) is 11.3 Å². The van der Waals surface area contributed by atoms with Crippen LogP contribution in [0.15, 0.2) is 210 Å². The molecule has 0 N–H and O–H groups in total. The van der Waals surface area contributed by atoms with Gasteiger partial charge in [0.15, 0.2) is 5.82 Å². The van der Waals surface area contributed by atoms with Gasteiger partial charge < -0.3 is 0 Å². The molecule has 2 heterocycles. The molecule has 0 saturated carbocycles. The summed E-state index contributed by atoms with van der Waals surface area (Å²) in [4.78, 5) is 12.8. The van der Waals surface area contributed by atoms with Crippen molar-refractivity contribution >= 4 is 11.8 Å². The molecule has 1 aliphatic carbocycles. The summed E-state index contributed by atoms with van der Waals surface area (Å²) in [7, 11) is 0. The van der Waals surface area contributed by atoms with Crippen molar-refractivity contribution in [2.75, 3.05) is 0 Å². The fourth-order valence-corrected chi connectivity index (χ4v) is 10.1. The minimum Gasteiger partial charge on any atom is -0.228 e. The molecule has 0 atom stereocenters. The lowest BCUT2D eigenvalue weighted by Gasteiger charge is -2.40. The van der Waals surface area contributed by atoms with E-state index in [1.807, 2.05) is 60.3 Å². The Hall–Kier alpha value is -7.32. The highest BCUT2D eigenvalue weighted by Crippen LogP contribution is 2.62. The number of rotatable bonds is 5. The average molecular weight is 756 g/mol. The highest BCUT2D eigenvalue weighted by molar-refractivity contribution is 7.99. The maximum Gasteiger partial charge on any atom is 0.160 e. The summed E-state index contributed by atoms with van der Waals surface area (Å²) in [5.74, 6) is 0.701. The molecular formula is C54H33N3S. The van der Waals surface area contributed by atoms with Gasteiger partial charge in [-0.15, -0.1) is 0 Å². The van der Waals surface area contributed by atoms with Crippen LogP contribution in [-0.2, 0) is 5.41 Å². The van der Waals surface area contributed by atoms with Crippen molar-refractivity contribution < 1.29 is 0 Å². The molecule has 0 radical (unpaired) electrons. The van der Waals surface area contributed by atoms with E-state index >= 15 is 0 Å². The smallest absolute Gasteiger partial charge is 0.160 e. The molecule has 11 rings (SSSR count). The van der Waals surface area contributed by atoms with Gasteiger partial charge in [0.05, 0.1) is 28.4 Å². The molecule has 0 fully saturated rings. The van der Waals surface area contributed by atoms with Gasteiger partial charge in [-0.1, -0.05) is 176 Å². The zero-order valence-electron chi connectivity index (χ0n) is 31.3. The van der Waals surface area contributed by atoms with Gasteiger partial charge in [-0.3, -0.25) is 0 Å². The molecule has 58 heavy (non-hydrogen) atoms. The monoisotopic (exact) mass is 755 g/mol. The van der Waals surface area contributed by atoms with Crippen LogP contribution in [0.4, 0.5) is 0 Å². The molecule has 4 heteroatoms. The van der Waals surface area contributed by atoms with Crippen molar-refractivity contribution in [1.82, 2.24) is 9.97 Å². The first-order chi connectivity index (χ1) is 28.7. The van der Waals surface area contributed by atoms with Crippen LogP contribution < -0.4 is 0 Å². The van der Waals surface area contributed by atoms with E-state index in [4.69, 9.17) is 9.97 Å². The topological polar surface area (TPSA) is 49.6 Å². The number of hydrogen-bond donors (Lipinski definition) is 0. The quantitative estimate of drug-likeness (QED) is 0.175. The number of nitrogens with zero attached hydrogens (tertiary/aromatic N) is 3. The third-order valence-corrected chi connectivity index (χ3v) is 12.8. The SMILES string of the molecule is N#Cc1ccccc1-c1ccc(-c2ccc3c(c2)C2(c4cc(-c5cc(-c6ccccc6)nc(-c6ccccc6)n5)ccc4S3)c3ccccc3-c3ccccc32)cc1. The normalized spacial score (nSPS) is 12.9. The minimum absolute atomic E-state index is 0.571. The summed E-state index contributed by atoms with van der Waals surface area (Å²) < 4.78 is 0. The second-order valence-electron chi connectivity index (χ2n) is 14.8. The van der Waals surface area contributed by atoms with Crippen molar-refractivity contribution in [3.05, 3.63) is 228 Å². The zero-order valence-corrected chi connectivity index (χ0v) is 32.1. The van der Waals surface area contributed by atoms with Crippen LogP contribution in [0.5, 0.6) is 0 Å². The van der Waals surface area contributed by atoms with Gasteiger partial charge in [0, 0.05) is 26.5 Å². The highest BCUT2D eigenvalue weighted by Gasteiger charge is 2.50. The molecule has 0 bridgehead atoms. The number of hydrogen-bond acceptors (Lipinski definition) is 4. The van der Waals surface area contributed by atoms with Crippen LogP contribution in [0.1, 0.15) is 27.8 Å². The second-order valence-corrected chi connectivity index (χ2v) is 15.9. The third kappa shape index (κ3) is 5.36. The number of nitriles is 1. The summed E-state index contributed by atoms with van der Waals surface area (Å²) >= 11 is 1.84. The third-order valence-electron chi connectivity index (χ3n) is 11.6. The summed E-state index contributed by atoms with van der Waals surface area (Å²) in [6, 6.07) is 73.3. The van der Waals surface area contributed by atoms with Gasteiger partial charge in [-0.2, -0.15) is 5.26 Å². The van der Waals surface area contributed by atoms with Crippen molar-refractivity contribution in [2.45, 2.75) is 15.2 Å². The number of aromatic nitrogens is 2. The molecule has 0 amide bonds. The van der Waals surface area contributed by atoms with Gasteiger partial charge in [-0.05, 0) is 92.0 Å². The van der Waals surface area contributed by atoms with Crippen LogP contribution >= 0.6 is 11.8 Å². The van der Waals surface area contributed by atoms with E-state index in [9.17, 15) is 5.26 Å². The van der Waals surface area contributed by atoms with Gasteiger partial charge in [0.2, 0.25) is 0 Å². The van der Waals surface area contributed by atoms with Gasteiger partial charge in [0.1, 0.15) is 0 Å². The van der Waals surface area contributed by atoms with Crippen molar-refractivity contribution in [3.63, 3.8) is 0 Å². The second kappa shape index (κ2) is 13.7. The Morgan fingerprint density at radius 1 is 0.379 bits per heavy atom. The average Bonchev–Trinajstić information content (AvgIpc) is 3.60. The minimum atomic E-state index is -0.571. The molecule has 2 aliphatic rings. The van der Waals surface area contributed by atoms with Crippen molar-refractivity contribution in [2.24, 2.45) is 0 Å². The molecule has 1 aromatic heterocycles. The molecule has 0 unspecified atom stereocenters. The Kier molecular flexibility index (Phi) is 8.03. The standard InChI is InChI=1S/C54H33N3S/c55-34-41-17-7-8-18-42(41)36-25-23-35(24-26-36)39-27-29-51-47(31-39)54(45-21-11-9-19-43(45)44-20-10-12-22-46(44)54)48-32-40(28-30-52(48)58-51)50-33-49(37-13-3-1-4-14-37)56-53(57-50)38-15-5-2-6-16-38/h1-33H. The number of benzene rings is 8. The van der Waals surface area contributed by atoms with Crippen molar-refractivity contribution in [3.8, 4) is 73.4 Å². The maximum atomic E-state index is 9.78. The lowest BCUT2D eigenvalue weighted by atomic mass is 9.66. The lowest BCUT2D eigenvalue weighted by molar-refractivity contribution is 0.723. The van der Waals surface area contributed by atoms with Crippen LogP contribution in [0.3, 0.4) is 0 Å². The number of fused-ring (bicyclic) bond motifs is 9. The van der Waals surface area contributed by atoms with E-state index in [1.165, 1.54) is 43.2 Å². The Morgan fingerprint density at radius 2 is 0.862 bits per heavy atom. The first kappa shape index (κ1) is 34.0. The first-order valence-corrected chi connectivity index (χ1v) is 20.3. The summed E-state index contributed by atoms with van der Waals surface area (Å²) in [5, 5.41) is 9.78. The van der Waals surface area contributed by atoms with Crippen LogP contribution in [0.25, 0.3) is 67.3 Å². The summed E-state index contributed by atoms with van der Waals surface area (Å²) in [6.45, 7) is 0. The molecule has 8 aromatic carbocycles. The van der Waals surface area contributed by atoms with Crippen LogP contribution in [0.2, 0.25) is 0 Å². The lowest BCUT2D eigenvalue weighted by Crippen LogP contribution is -2.32. The van der Waals surface area contributed by atoms with Gasteiger partial charge in [-0.25, -0.2) is 9.97 Å². The van der Waals surface area contributed by atoms with E-state index in [1.54, 1.807) is 0 Å². The van der Waals surface area contributed by atoms with E-state index in [0.717, 1.165) is 50.3 Å². The fraction of sp³-hybridized carbons (Fsp3) is 0.0185. The Labute approximate surface area is 342 Å². The zero-order chi connectivity index (χ0) is 38.6. The maximum absolute atomic E-state index is 9.78. The van der Waals surface area contributed by atoms with Crippen molar-refractivity contribution in [1.29, 1.82) is 5.26 Å². The fourth-order valence-electron chi connectivity index (χ4n) is 8.98.